The molecule has 1 aromatic carbocycles. The second-order valence-electron chi connectivity index (χ2n) is 4.19. The number of hydrogen-bond acceptors (Lipinski definition) is 3. The molecule has 1 saturated carbocycles. The highest BCUT2D eigenvalue weighted by Gasteiger charge is 2.52. The number of rotatable bonds is 2. The average molecular weight is 225 g/mol. The fourth-order valence-electron chi connectivity index (χ4n) is 1.79. The van der Waals surface area contributed by atoms with E-state index in [1.54, 1.807) is 31.3 Å². The Balaban J connectivity index is 2.33. The van der Waals surface area contributed by atoms with Crippen LogP contribution in [0.15, 0.2) is 24.3 Å². The molecule has 0 heterocycles. The van der Waals surface area contributed by atoms with Gasteiger partial charge in [-0.2, -0.15) is 10.5 Å². The van der Waals surface area contributed by atoms with Crippen molar-refractivity contribution in [3.8, 4) is 12.1 Å². The topological polar surface area (TPSA) is 67.9 Å². The number of nitriles is 2. The maximum Gasteiger partial charge on any atom is 0.247 e. The fourth-order valence-corrected chi connectivity index (χ4v) is 1.79. The third-order valence-corrected chi connectivity index (χ3v) is 3.06. The summed E-state index contributed by atoms with van der Waals surface area (Å²) in [6.45, 7) is 0. The molecule has 1 fully saturated rings. The van der Waals surface area contributed by atoms with Gasteiger partial charge < -0.3 is 4.90 Å². The largest absolute Gasteiger partial charge is 0.313 e. The molecule has 1 amide bonds. The van der Waals surface area contributed by atoms with E-state index in [-0.39, 0.29) is 5.91 Å². The summed E-state index contributed by atoms with van der Waals surface area (Å²) in [5.74, 6) is -0.220. The molecule has 0 aliphatic heterocycles. The predicted octanol–water partition coefficient (Wildman–Crippen LogP) is 1.82. The van der Waals surface area contributed by atoms with Crippen molar-refractivity contribution in [3.63, 3.8) is 0 Å². The van der Waals surface area contributed by atoms with E-state index >= 15 is 0 Å². The maximum absolute atomic E-state index is 12.1. The third-order valence-electron chi connectivity index (χ3n) is 3.06. The fraction of sp³-hybridized carbons (Fsp3) is 0.308. The zero-order valence-electron chi connectivity index (χ0n) is 9.47. The Bertz CT molecular complexity index is 547. The lowest BCUT2D eigenvalue weighted by Gasteiger charge is -2.20. The summed E-state index contributed by atoms with van der Waals surface area (Å²) in [6.07, 6.45) is 1.22. The van der Waals surface area contributed by atoms with Crippen LogP contribution < -0.4 is 4.90 Å². The lowest BCUT2D eigenvalue weighted by atomic mass is 10.1. The minimum atomic E-state index is -0.850. The van der Waals surface area contributed by atoms with Gasteiger partial charge in [0, 0.05) is 7.05 Å². The van der Waals surface area contributed by atoms with Crippen LogP contribution >= 0.6 is 0 Å². The lowest BCUT2D eigenvalue weighted by molar-refractivity contribution is -0.121. The van der Waals surface area contributed by atoms with Crippen LogP contribution in [0.25, 0.3) is 0 Å². The normalized spacial score (nSPS) is 15.5. The third kappa shape index (κ3) is 1.74. The van der Waals surface area contributed by atoms with Crippen LogP contribution in [-0.2, 0) is 4.79 Å². The zero-order valence-corrected chi connectivity index (χ0v) is 9.47. The zero-order chi connectivity index (χ0) is 12.5. The Hall–Kier alpha value is -2.33. The van der Waals surface area contributed by atoms with Crippen molar-refractivity contribution in [2.45, 2.75) is 12.8 Å². The Kier molecular flexibility index (Phi) is 2.57. The van der Waals surface area contributed by atoms with E-state index in [9.17, 15) is 4.79 Å². The van der Waals surface area contributed by atoms with E-state index in [0.29, 0.717) is 24.1 Å². The highest BCUT2D eigenvalue weighted by atomic mass is 16.2. The van der Waals surface area contributed by atoms with Gasteiger partial charge in [-0.1, -0.05) is 12.1 Å². The molecule has 84 valence electrons. The molecule has 0 unspecified atom stereocenters. The SMILES string of the molecule is CN(C(=O)C1(C#N)CC1)c1ccccc1C#N. The molecule has 1 aliphatic carbocycles. The maximum atomic E-state index is 12.1. The first kappa shape index (κ1) is 11.2. The van der Waals surface area contributed by atoms with Crippen LogP contribution in [0.1, 0.15) is 18.4 Å². The second kappa shape index (κ2) is 3.92. The van der Waals surface area contributed by atoms with Gasteiger partial charge in [0.25, 0.3) is 0 Å². The van der Waals surface area contributed by atoms with Gasteiger partial charge in [0.05, 0.1) is 17.3 Å². The van der Waals surface area contributed by atoms with Gasteiger partial charge in [-0.15, -0.1) is 0 Å². The van der Waals surface area contributed by atoms with Gasteiger partial charge in [0.2, 0.25) is 5.91 Å². The molecule has 17 heavy (non-hydrogen) atoms. The van der Waals surface area contributed by atoms with E-state index < -0.39 is 5.41 Å². The van der Waals surface area contributed by atoms with Crippen molar-refractivity contribution in [1.82, 2.24) is 0 Å². The highest BCUT2D eigenvalue weighted by Crippen LogP contribution is 2.47. The number of benzene rings is 1. The molecule has 0 spiro atoms. The predicted molar refractivity (Wildman–Crippen MR) is 61.8 cm³/mol. The van der Waals surface area contributed by atoms with E-state index in [2.05, 4.69) is 6.07 Å². The number of nitrogens with zero attached hydrogens (tertiary/aromatic N) is 3. The Morgan fingerprint density at radius 3 is 2.53 bits per heavy atom. The van der Waals surface area contributed by atoms with Crippen molar-refractivity contribution < 1.29 is 4.79 Å². The van der Waals surface area contributed by atoms with Crippen molar-refractivity contribution in [1.29, 1.82) is 10.5 Å². The molecule has 0 bridgehead atoms. The summed E-state index contributed by atoms with van der Waals surface area (Å²) in [5, 5.41) is 18.0. The van der Waals surface area contributed by atoms with E-state index in [0.717, 1.165) is 0 Å². The van der Waals surface area contributed by atoms with Crippen LogP contribution in [0.2, 0.25) is 0 Å². The Labute approximate surface area is 99.7 Å². The number of hydrogen-bond donors (Lipinski definition) is 0. The average Bonchev–Trinajstić information content (AvgIpc) is 3.18. The van der Waals surface area contributed by atoms with E-state index in [1.807, 2.05) is 6.07 Å². The summed E-state index contributed by atoms with van der Waals surface area (Å²) in [5.41, 5.74) is 0.149. The standard InChI is InChI=1S/C13H11N3O/c1-16(12(17)13(9-15)6-7-13)11-5-3-2-4-10(11)8-14/h2-5H,6-7H2,1H3. The van der Waals surface area contributed by atoms with Crippen LogP contribution in [-0.4, -0.2) is 13.0 Å². The first-order valence-corrected chi connectivity index (χ1v) is 5.33. The van der Waals surface area contributed by atoms with Gasteiger partial charge in [-0.3, -0.25) is 4.79 Å². The molecule has 2 rings (SSSR count). The van der Waals surface area contributed by atoms with Gasteiger partial charge >= 0.3 is 0 Å². The molecule has 4 nitrogen and oxygen atoms in total. The van der Waals surface area contributed by atoms with Crippen LogP contribution in [0.5, 0.6) is 0 Å². The summed E-state index contributed by atoms with van der Waals surface area (Å²) in [7, 11) is 1.61. The van der Waals surface area contributed by atoms with Gasteiger partial charge in [0.15, 0.2) is 0 Å². The molecule has 0 radical (unpaired) electrons. The number of para-hydroxylation sites is 1. The highest BCUT2D eigenvalue weighted by molar-refractivity contribution is 6.01. The van der Waals surface area contributed by atoms with E-state index in [1.165, 1.54) is 4.90 Å². The number of anilines is 1. The summed E-state index contributed by atoms with van der Waals surface area (Å²) >= 11 is 0. The van der Waals surface area contributed by atoms with Gasteiger partial charge in [-0.05, 0) is 25.0 Å². The molecular formula is C13H11N3O. The molecule has 0 aromatic heterocycles. The minimum absolute atomic E-state index is 0.220. The Morgan fingerprint density at radius 2 is 2.00 bits per heavy atom. The quantitative estimate of drug-likeness (QED) is 0.771. The van der Waals surface area contributed by atoms with Crippen LogP contribution in [0, 0.1) is 28.1 Å². The first-order valence-electron chi connectivity index (χ1n) is 5.33. The molecule has 1 aromatic rings. The first-order chi connectivity index (χ1) is 8.14. The number of carbonyl (C=O) groups excluding carboxylic acids is 1. The Morgan fingerprint density at radius 1 is 1.35 bits per heavy atom. The van der Waals surface area contributed by atoms with E-state index in [4.69, 9.17) is 10.5 Å². The van der Waals surface area contributed by atoms with Crippen molar-refractivity contribution in [3.05, 3.63) is 29.8 Å². The lowest BCUT2D eigenvalue weighted by Crippen LogP contribution is -2.33. The number of carbonyl (C=O) groups is 1. The van der Waals surface area contributed by atoms with Gasteiger partial charge in [0.1, 0.15) is 11.5 Å². The molecule has 0 N–H and O–H groups in total. The molecular weight excluding hydrogens is 214 g/mol. The van der Waals surface area contributed by atoms with Crippen molar-refractivity contribution in [2.24, 2.45) is 5.41 Å². The summed E-state index contributed by atoms with van der Waals surface area (Å²) in [6, 6.07) is 11.0. The van der Waals surface area contributed by atoms with Crippen molar-refractivity contribution >= 4 is 11.6 Å². The van der Waals surface area contributed by atoms with Crippen LogP contribution in [0.4, 0.5) is 5.69 Å². The molecule has 1 aliphatic rings. The van der Waals surface area contributed by atoms with Crippen LogP contribution in [0.3, 0.4) is 0 Å². The summed E-state index contributed by atoms with van der Waals surface area (Å²) < 4.78 is 0. The monoisotopic (exact) mass is 225 g/mol. The molecule has 0 atom stereocenters. The molecule has 4 heteroatoms. The van der Waals surface area contributed by atoms with Crippen molar-refractivity contribution in [2.75, 3.05) is 11.9 Å². The molecule has 0 saturated heterocycles. The summed E-state index contributed by atoms with van der Waals surface area (Å²) in [4.78, 5) is 13.5. The second-order valence-corrected chi connectivity index (χ2v) is 4.19. The smallest absolute Gasteiger partial charge is 0.247 e. The number of amides is 1. The van der Waals surface area contributed by atoms with Gasteiger partial charge in [-0.25, -0.2) is 0 Å². The minimum Gasteiger partial charge on any atom is -0.313 e.